The molecule has 2 aromatic carbocycles. The summed E-state index contributed by atoms with van der Waals surface area (Å²) in [5, 5.41) is 0. The van der Waals surface area contributed by atoms with Crippen LogP contribution in [0.1, 0.15) is 47.8 Å². The van der Waals surface area contributed by atoms with Crippen LogP contribution in [0.5, 0.6) is 0 Å². The monoisotopic (exact) mass is 494 g/mol. The molecule has 0 saturated carbocycles. The molecule has 188 valence electrons. The summed E-state index contributed by atoms with van der Waals surface area (Å²) in [5.74, 6) is -0.617. The van der Waals surface area contributed by atoms with Gasteiger partial charge in [0.1, 0.15) is 0 Å². The van der Waals surface area contributed by atoms with E-state index in [0.29, 0.717) is 23.4 Å². The molecule has 3 aromatic rings. The van der Waals surface area contributed by atoms with E-state index in [2.05, 4.69) is 42.7 Å². The lowest BCUT2D eigenvalue weighted by Crippen LogP contribution is -2.53. The van der Waals surface area contributed by atoms with E-state index in [1.807, 2.05) is 6.07 Å². The number of hydrogen-bond donors (Lipinski definition) is 1. The fraction of sp³-hybridized carbons (Fsp3) is 0.357. The van der Waals surface area contributed by atoms with Crippen LogP contribution in [0.15, 0.2) is 48.5 Å². The Kier molecular flexibility index (Phi) is 5.82. The van der Waals surface area contributed by atoms with Gasteiger partial charge < -0.3 is 10.6 Å². The molecule has 1 aliphatic heterocycles. The summed E-state index contributed by atoms with van der Waals surface area (Å²) in [5.41, 5.74) is 10.3. The molecule has 1 amide bonds. The highest BCUT2D eigenvalue weighted by atomic mass is 19.4. The zero-order valence-electron chi connectivity index (χ0n) is 20.6. The molecular formula is C28H29F3N4O. The Morgan fingerprint density at radius 1 is 0.972 bits per heavy atom. The third kappa shape index (κ3) is 4.46. The quantitative estimate of drug-likeness (QED) is 0.417. The average molecular weight is 495 g/mol. The van der Waals surface area contributed by atoms with E-state index in [4.69, 9.17) is 10.7 Å². The minimum atomic E-state index is -4.47. The third-order valence-electron chi connectivity index (χ3n) is 7.18. The number of anilines is 1. The Hall–Kier alpha value is -3.39. The summed E-state index contributed by atoms with van der Waals surface area (Å²) >= 11 is 0. The van der Waals surface area contributed by atoms with E-state index in [0.717, 1.165) is 60.7 Å². The fourth-order valence-electron chi connectivity index (χ4n) is 5.18. The molecule has 1 aliphatic carbocycles. The normalized spacial score (nSPS) is 16.1. The SMILES string of the molecule is CC(C)(C)N1CCN(c2ccc3c(c2)Cc2c(C(N)=O)cc(-c4cccc(C(F)(F)F)c4)nc2-3)CC1. The van der Waals surface area contributed by atoms with Gasteiger partial charge in [-0.1, -0.05) is 18.2 Å². The van der Waals surface area contributed by atoms with Crippen molar-refractivity contribution in [3.05, 3.63) is 70.8 Å². The first-order valence-corrected chi connectivity index (χ1v) is 12.1. The lowest BCUT2D eigenvalue weighted by molar-refractivity contribution is -0.137. The Balaban J connectivity index is 1.49. The molecule has 0 bridgehead atoms. The summed E-state index contributed by atoms with van der Waals surface area (Å²) in [4.78, 5) is 21.9. The first kappa shape index (κ1) is 24.3. The summed E-state index contributed by atoms with van der Waals surface area (Å²) in [6, 6.07) is 12.7. The van der Waals surface area contributed by atoms with Gasteiger partial charge in [0.2, 0.25) is 5.91 Å². The van der Waals surface area contributed by atoms with Gasteiger partial charge in [-0.15, -0.1) is 0 Å². The molecule has 5 rings (SSSR count). The number of halogens is 3. The minimum absolute atomic E-state index is 0.139. The van der Waals surface area contributed by atoms with Gasteiger partial charge in [0.25, 0.3) is 0 Å². The van der Waals surface area contributed by atoms with Crippen LogP contribution < -0.4 is 10.6 Å². The number of primary amides is 1. The van der Waals surface area contributed by atoms with Crippen LogP contribution in [0.25, 0.3) is 22.5 Å². The molecule has 8 heteroatoms. The highest BCUT2D eigenvalue weighted by Gasteiger charge is 2.32. The number of nitrogens with two attached hydrogens (primary N) is 1. The van der Waals surface area contributed by atoms with Crippen molar-refractivity contribution >= 4 is 11.6 Å². The van der Waals surface area contributed by atoms with Crippen LogP contribution in [0, 0.1) is 0 Å². The first-order chi connectivity index (χ1) is 16.9. The van der Waals surface area contributed by atoms with Gasteiger partial charge in [0.05, 0.1) is 17.0 Å². The maximum absolute atomic E-state index is 13.3. The number of benzene rings is 2. The zero-order chi connectivity index (χ0) is 25.8. The van der Waals surface area contributed by atoms with Crippen molar-refractivity contribution in [3.8, 4) is 22.5 Å². The molecule has 2 heterocycles. The van der Waals surface area contributed by atoms with Gasteiger partial charge in [0.15, 0.2) is 0 Å². The van der Waals surface area contributed by atoms with Gasteiger partial charge in [0, 0.05) is 60.5 Å². The summed E-state index contributed by atoms with van der Waals surface area (Å²) in [6.07, 6.45) is -3.96. The number of rotatable bonds is 3. The summed E-state index contributed by atoms with van der Waals surface area (Å²) < 4.78 is 39.8. The van der Waals surface area contributed by atoms with Gasteiger partial charge in [-0.3, -0.25) is 9.69 Å². The Labute approximate surface area is 208 Å². The van der Waals surface area contributed by atoms with Crippen molar-refractivity contribution in [2.24, 2.45) is 5.73 Å². The third-order valence-corrected chi connectivity index (χ3v) is 7.18. The molecule has 1 aromatic heterocycles. The van der Waals surface area contributed by atoms with Gasteiger partial charge in [-0.25, -0.2) is 4.98 Å². The number of aromatic nitrogens is 1. The highest BCUT2D eigenvalue weighted by molar-refractivity contribution is 5.98. The van der Waals surface area contributed by atoms with E-state index in [1.54, 1.807) is 6.07 Å². The van der Waals surface area contributed by atoms with Crippen molar-refractivity contribution in [2.75, 3.05) is 31.1 Å². The van der Waals surface area contributed by atoms with Crippen molar-refractivity contribution in [1.29, 1.82) is 0 Å². The number of nitrogens with zero attached hydrogens (tertiary/aromatic N) is 3. The minimum Gasteiger partial charge on any atom is -0.369 e. The van der Waals surface area contributed by atoms with Gasteiger partial charge >= 0.3 is 6.18 Å². The molecule has 2 aliphatic rings. The Morgan fingerprint density at radius 3 is 2.33 bits per heavy atom. The van der Waals surface area contributed by atoms with Gasteiger partial charge in [-0.05, 0) is 62.2 Å². The Morgan fingerprint density at radius 2 is 1.69 bits per heavy atom. The van der Waals surface area contributed by atoms with E-state index in [1.165, 1.54) is 12.1 Å². The number of amides is 1. The number of fused-ring (bicyclic) bond motifs is 3. The van der Waals surface area contributed by atoms with Crippen LogP contribution in [0.4, 0.5) is 18.9 Å². The first-order valence-electron chi connectivity index (χ1n) is 12.1. The van der Waals surface area contributed by atoms with Crippen molar-refractivity contribution in [3.63, 3.8) is 0 Å². The largest absolute Gasteiger partial charge is 0.416 e. The second kappa shape index (κ2) is 8.62. The lowest BCUT2D eigenvalue weighted by atomic mass is 10.0. The summed E-state index contributed by atoms with van der Waals surface area (Å²) in [7, 11) is 0. The summed E-state index contributed by atoms with van der Waals surface area (Å²) in [6.45, 7) is 10.5. The molecular weight excluding hydrogens is 465 g/mol. The van der Waals surface area contributed by atoms with E-state index in [9.17, 15) is 18.0 Å². The van der Waals surface area contributed by atoms with Crippen LogP contribution in [0.3, 0.4) is 0 Å². The number of hydrogen-bond acceptors (Lipinski definition) is 4. The maximum Gasteiger partial charge on any atom is 0.416 e. The number of pyridine rings is 1. The topological polar surface area (TPSA) is 62.5 Å². The molecule has 1 saturated heterocycles. The van der Waals surface area contributed by atoms with Crippen LogP contribution in [-0.2, 0) is 12.6 Å². The molecule has 0 atom stereocenters. The van der Waals surface area contributed by atoms with Gasteiger partial charge in [-0.2, -0.15) is 13.2 Å². The number of piperazine rings is 1. The predicted molar refractivity (Wildman–Crippen MR) is 135 cm³/mol. The fourth-order valence-corrected chi connectivity index (χ4v) is 5.18. The Bertz CT molecular complexity index is 1340. The van der Waals surface area contributed by atoms with E-state index < -0.39 is 17.6 Å². The lowest BCUT2D eigenvalue weighted by Gasteiger charge is -2.43. The second-order valence-electron chi connectivity index (χ2n) is 10.5. The second-order valence-corrected chi connectivity index (χ2v) is 10.5. The van der Waals surface area contributed by atoms with E-state index >= 15 is 0 Å². The predicted octanol–water partition coefficient (Wildman–Crippen LogP) is 5.36. The van der Waals surface area contributed by atoms with Crippen molar-refractivity contribution in [1.82, 2.24) is 9.88 Å². The highest BCUT2D eigenvalue weighted by Crippen LogP contribution is 2.41. The molecule has 0 unspecified atom stereocenters. The van der Waals surface area contributed by atoms with Crippen LogP contribution in [-0.4, -0.2) is 47.5 Å². The number of carbonyl (C=O) groups excluding carboxylic acids is 1. The maximum atomic E-state index is 13.3. The molecule has 1 fully saturated rings. The smallest absolute Gasteiger partial charge is 0.369 e. The van der Waals surface area contributed by atoms with Crippen molar-refractivity contribution in [2.45, 2.75) is 38.9 Å². The molecule has 2 N–H and O–H groups in total. The number of alkyl halides is 3. The standard InChI is InChI=1S/C28H29F3N4O/c1-27(2,3)35-11-9-34(10-12-35)20-7-8-21-18(14-20)15-22-23(26(32)36)16-24(33-25(21)22)17-5-4-6-19(13-17)28(29,30)31/h4-8,13-14,16H,9-12,15H2,1-3H3,(H2,32,36). The molecule has 0 spiro atoms. The molecule has 0 radical (unpaired) electrons. The molecule has 36 heavy (non-hydrogen) atoms. The van der Waals surface area contributed by atoms with Crippen LogP contribution in [0.2, 0.25) is 0 Å². The zero-order valence-corrected chi connectivity index (χ0v) is 20.6. The van der Waals surface area contributed by atoms with Crippen LogP contribution >= 0.6 is 0 Å². The van der Waals surface area contributed by atoms with E-state index in [-0.39, 0.29) is 11.1 Å². The van der Waals surface area contributed by atoms with Crippen molar-refractivity contribution < 1.29 is 18.0 Å². The number of carbonyl (C=O) groups is 1. The molecule has 5 nitrogen and oxygen atoms in total. The average Bonchev–Trinajstić information content (AvgIpc) is 3.20.